The molecule has 6 heteroatoms. The van der Waals surface area contributed by atoms with Gasteiger partial charge in [-0.05, 0) is 6.92 Å². The van der Waals surface area contributed by atoms with Crippen molar-refractivity contribution in [1.82, 2.24) is 9.97 Å². The summed E-state index contributed by atoms with van der Waals surface area (Å²) in [5.41, 5.74) is 5.40. The molecule has 0 aromatic carbocycles. The first-order valence-corrected chi connectivity index (χ1v) is 6.08. The Kier molecular flexibility index (Phi) is 4.61. The third kappa shape index (κ3) is 4.54. The van der Waals surface area contributed by atoms with Crippen LogP contribution in [0.15, 0.2) is 12.4 Å². The maximum atomic E-state index is 5.40. The third-order valence-electron chi connectivity index (χ3n) is 1.29. The molecule has 0 saturated heterocycles. The van der Waals surface area contributed by atoms with Crippen LogP contribution in [0, 0.1) is 0 Å². The Morgan fingerprint density at radius 3 is 3.15 bits per heavy atom. The Labute approximate surface area is 91.3 Å². The molecule has 1 aromatic heterocycles. The Morgan fingerprint density at radius 1 is 1.85 bits per heavy atom. The highest BCUT2D eigenvalue weighted by Crippen LogP contribution is 2.25. The summed E-state index contributed by atoms with van der Waals surface area (Å²) in [7, 11) is 0. The number of imidazole rings is 1. The van der Waals surface area contributed by atoms with E-state index in [1.54, 1.807) is 18.0 Å². The number of aromatic nitrogens is 2. The number of nitrogens with two attached hydrogens (primary N) is 1. The summed E-state index contributed by atoms with van der Waals surface area (Å²) in [6, 6.07) is 0. The van der Waals surface area contributed by atoms with Gasteiger partial charge in [-0.15, -0.1) is 11.8 Å². The van der Waals surface area contributed by atoms with Crippen molar-refractivity contribution >= 4 is 40.1 Å². The molecule has 0 aliphatic heterocycles. The minimum absolute atomic E-state index is 0.377. The predicted molar refractivity (Wildman–Crippen MR) is 63.7 cm³/mol. The molecule has 1 aromatic rings. The van der Waals surface area contributed by atoms with Gasteiger partial charge in [0.15, 0.2) is 0 Å². The molecule has 0 radical (unpaired) electrons. The largest absolute Gasteiger partial charge is 0.385 e. The van der Waals surface area contributed by atoms with Crippen molar-refractivity contribution < 1.29 is 0 Å². The number of H-pyrrole nitrogens is 1. The number of hydrogen-bond acceptors (Lipinski definition) is 4. The zero-order valence-electron chi connectivity index (χ0n) is 7.19. The van der Waals surface area contributed by atoms with Crippen LogP contribution in [0.25, 0.3) is 0 Å². The molecule has 1 heterocycles. The molecule has 0 fully saturated rings. The van der Waals surface area contributed by atoms with Crippen LogP contribution in [0.4, 0.5) is 0 Å². The molecular weight excluding hydrogens is 222 g/mol. The second-order valence-corrected chi connectivity index (χ2v) is 6.06. The van der Waals surface area contributed by atoms with Gasteiger partial charge in [-0.1, -0.05) is 24.0 Å². The van der Waals surface area contributed by atoms with Gasteiger partial charge in [-0.3, -0.25) is 0 Å². The predicted octanol–water partition coefficient (Wildman–Crippen LogP) is 1.97. The van der Waals surface area contributed by atoms with Gasteiger partial charge in [0.2, 0.25) is 0 Å². The summed E-state index contributed by atoms with van der Waals surface area (Å²) < 4.78 is 0.877. The number of nitrogens with one attached hydrogen (secondary N) is 1. The second kappa shape index (κ2) is 5.51. The minimum Gasteiger partial charge on any atom is -0.385 e. The topological polar surface area (TPSA) is 54.7 Å². The average Bonchev–Trinajstić information content (AvgIpc) is 2.51. The van der Waals surface area contributed by atoms with Gasteiger partial charge in [-0.2, -0.15) is 0 Å². The van der Waals surface area contributed by atoms with Gasteiger partial charge >= 0.3 is 0 Å². The first kappa shape index (κ1) is 10.9. The summed E-state index contributed by atoms with van der Waals surface area (Å²) in [5.74, 6) is 1.85. The Hall–Kier alpha value is -0.200. The molecule has 3 N–H and O–H groups in total. The lowest BCUT2D eigenvalue weighted by Gasteiger charge is -2.07. The molecule has 1 rings (SSSR count). The van der Waals surface area contributed by atoms with Crippen molar-refractivity contribution in [2.45, 2.75) is 17.3 Å². The van der Waals surface area contributed by atoms with E-state index in [2.05, 4.69) is 16.9 Å². The van der Waals surface area contributed by atoms with Crippen molar-refractivity contribution in [3.05, 3.63) is 18.2 Å². The number of hydrogen-bond donors (Lipinski definition) is 2. The fourth-order valence-corrected chi connectivity index (χ4v) is 3.05. The van der Waals surface area contributed by atoms with E-state index in [0.717, 1.165) is 11.6 Å². The van der Waals surface area contributed by atoms with Crippen LogP contribution in [0.5, 0.6) is 0 Å². The second-order valence-electron chi connectivity index (χ2n) is 2.35. The summed E-state index contributed by atoms with van der Waals surface area (Å²) in [6.07, 6.45) is 3.57. The highest BCUT2D eigenvalue weighted by Gasteiger charge is 2.05. The third-order valence-corrected chi connectivity index (χ3v) is 3.75. The Morgan fingerprint density at radius 2 is 2.62 bits per heavy atom. The van der Waals surface area contributed by atoms with E-state index < -0.39 is 0 Å². The standard InChI is InChI=1S/C7H11N3S3/c1-5(13-7(8)11)12-4-6-9-2-3-10-6/h2-3,5H,4H2,1H3,(H2,8,11)(H,9,10). The van der Waals surface area contributed by atoms with Crippen LogP contribution in [-0.2, 0) is 5.75 Å². The number of thiocarbonyl (C=S) groups is 1. The summed E-state index contributed by atoms with van der Waals surface area (Å²) in [4.78, 5) is 7.16. The molecule has 0 saturated carbocycles. The first-order chi connectivity index (χ1) is 6.18. The normalized spacial score (nSPS) is 12.7. The molecule has 3 nitrogen and oxygen atoms in total. The lowest BCUT2D eigenvalue weighted by Crippen LogP contribution is -2.06. The van der Waals surface area contributed by atoms with Crippen LogP contribution in [0.2, 0.25) is 0 Å². The van der Waals surface area contributed by atoms with E-state index in [9.17, 15) is 0 Å². The van der Waals surface area contributed by atoms with E-state index in [0.29, 0.717) is 8.90 Å². The average molecular weight is 233 g/mol. The number of nitrogens with zero attached hydrogens (tertiary/aromatic N) is 1. The van der Waals surface area contributed by atoms with E-state index in [4.69, 9.17) is 18.0 Å². The lowest BCUT2D eigenvalue weighted by molar-refractivity contribution is 1.12. The van der Waals surface area contributed by atoms with E-state index in [1.165, 1.54) is 11.8 Å². The molecule has 72 valence electrons. The van der Waals surface area contributed by atoms with Crippen LogP contribution < -0.4 is 5.73 Å². The SMILES string of the molecule is CC(SCc1ncc[nH]1)SC(N)=S. The molecule has 13 heavy (non-hydrogen) atoms. The van der Waals surface area contributed by atoms with Gasteiger partial charge in [-0.25, -0.2) is 4.98 Å². The number of thioether (sulfide) groups is 2. The van der Waals surface area contributed by atoms with E-state index in [-0.39, 0.29) is 0 Å². The molecule has 0 spiro atoms. The maximum Gasteiger partial charge on any atom is 0.132 e. The van der Waals surface area contributed by atoms with E-state index >= 15 is 0 Å². The Bertz CT molecular complexity index is 260. The van der Waals surface area contributed by atoms with Crippen molar-refractivity contribution in [3.8, 4) is 0 Å². The van der Waals surface area contributed by atoms with Crippen LogP contribution in [-0.4, -0.2) is 18.9 Å². The highest BCUT2D eigenvalue weighted by molar-refractivity contribution is 8.30. The fraction of sp³-hybridized carbons (Fsp3) is 0.429. The van der Waals surface area contributed by atoms with Gasteiger partial charge in [0.1, 0.15) is 10.1 Å². The smallest absolute Gasteiger partial charge is 0.132 e. The van der Waals surface area contributed by atoms with Crippen molar-refractivity contribution in [2.75, 3.05) is 0 Å². The quantitative estimate of drug-likeness (QED) is 0.615. The summed E-state index contributed by atoms with van der Waals surface area (Å²) >= 11 is 8.06. The van der Waals surface area contributed by atoms with Crippen molar-refractivity contribution in [3.63, 3.8) is 0 Å². The molecule has 0 aliphatic carbocycles. The fourth-order valence-electron chi connectivity index (χ4n) is 0.771. The zero-order valence-corrected chi connectivity index (χ0v) is 9.64. The first-order valence-electron chi connectivity index (χ1n) is 3.74. The van der Waals surface area contributed by atoms with Crippen LogP contribution in [0.1, 0.15) is 12.7 Å². The van der Waals surface area contributed by atoms with Crippen LogP contribution >= 0.6 is 35.7 Å². The van der Waals surface area contributed by atoms with Gasteiger partial charge in [0, 0.05) is 12.4 Å². The molecule has 0 amide bonds. The summed E-state index contributed by atoms with van der Waals surface area (Å²) in [5, 5.41) is 0. The molecule has 1 unspecified atom stereocenters. The zero-order chi connectivity index (χ0) is 9.68. The Balaban J connectivity index is 2.22. The molecule has 1 atom stereocenters. The minimum atomic E-state index is 0.377. The molecule has 0 aliphatic rings. The van der Waals surface area contributed by atoms with Gasteiger partial charge in [0.25, 0.3) is 0 Å². The molecular formula is C7H11N3S3. The number of aromatic amines is 1. The van der Waals surface area contributed by atoms with E-state index in [1.807, 2.05) is 6.20 Å². The van der Waals surface area contributed by atoms with Gasteiger partial charge in [0.05, 0.1) is 10.3 Å². The summed E-state index contributed by atoms with van der Waals surface area (Å²) in [6.45, 7) is 2.08. The highest BCUT2D eigenvalue weighted by atomic mass is 32.2. The number of rotatable bonds is 4. The van der Waals surface area contributed by atoms with Gasteiger partial charge < -0.3 is 10.7 Å². The monoisotopic (exact) mass is 233 g/mol. The van der Waals surface area contributed by atoms with Crippen molar-refractivity contribution in [1.29, 1.82) is 0 Å². The van der Waals surface area contributed by atoms with Crippen molar-refractivity contribution in [2.24, 2.45) is 5.73 Å². The van der Waals surface area contributed by atoms with Crippen LogP contribution in [0.3, 0.4) is 0 Å². The lowest BCUT2D eigenvalue weighted by atomic mass is 10.7. The maximum absolute atomic E-state index is 5.40. The molecule has 0 bridgehead atoms.